The van der Waals surface area contributed by atoms with Crippen molar-refractivity contribution in [2.45, 2.75) is 0 Å². The Morgan fingerprint density at radius 3 is 2.25 bits per heavy atom. The van der Waals surface area contributed by atoms with E-state index >= 15 is 0 Å². The molecule has 1 aromatic rings. The summed E-state index contributed by atoms with van der Waals surface area (Å²) in [6.07, 6.45) is 1.53. The first-order chi connectivity index (χ1) is 9.54. The SMILES string of the molecule is C=CCN(CC(=O)O)CN1C(=O)c2ccccc2C1=O. The van der Waals surface area contributed by atoms with Gasteiger partial charge in [-0.3, -0.25) is 24.2 Å². The Morgan fingerprint density at radius 1 is 1.25 bits per heavy atom. The lowest BCUT2D eigenvalue weighted by atomic mass is 10.1. The first-order valence-electron chi connectivity index (χ1n) is 6.05. The lowest BCUT2D eigenvalue weighted by molar-refractivity contribution is -0.138. The second kappa shape index (κ2) is 5.66. The molecule has 0 radical (unpaired) electrons. The van der Waals surface area contributed by atoms with Gasteiger partial charge in [0.05, 0.1) is 24.3 Å². The van der Waals surface area contributed by atoms with Crippen molar-refractivity contribution >= 4 is 17.8 Å². The van der Waals surface area contributed by atoms with Crippen molar-refractivity contribution in [1.29, 1.82) is 0 Å². The average molecular weight is 274 g/mol. The molecule has 0 fully saturated rings. The van der Waals surface area contributed by atoms with E-state index in [1.807, 2.05) is 0 Å². The number of carboxylic acids is 1. The van der Waals surface area contributed by atoms with Gasteiger partial charge in [0.15, 0.2) is 0 Å². The van der Waals surface area contributed by atoms with Crippen molar-refractivity contribution in [2.75, 3.05) is 19.8 Å². The highest BCUT2D eigenvalue weighted by atomic mass is 16.4. The van der Waals surface area contributed by atoms with Crippen LogP contribution in [0.1, 0.15) is 20.7 Å². The van der Waals surface area contributed by atoms with Gasteiger partial charge in [0.2, 0.25) is 0 Å². The number of nitrogens with zero attached hydrogens (tertiary/aromatic N) is 2. The van der Waals surface area contributed by atoms with Crippen LogP contribution in [0.5, 0.6) is 0 Å². The fourth-order valence-corrected chi connectivity index (χ4v) is 2.11. The largest absolute Gasteiger partial charge is 0.480 e. The lowest BCUT2D eigenvalue weighted by Gasteiger charge is -2.23. The molecular weight excluding hydrogens is 260 g/mol. The van der Waals surface area contributed by atoms with Crippen LogP contribution in [0.2, 0.25) is 0 Å². The number of carbonyl (C=O) groups excluding carboxylic acids is 2. The van der Waals surface area contributed by atoms with E-state index in [0.717, 1.165) is 4.90 Å². The Morgan fingerprint density at radius 2 is 1.80 bits per heavy atom. The van der Waals surface area contributed by atoms with E-state index in [2.05, 4.69) is 6.58 Å². The standard InChI is InChI=1S/C14H14N2O4/c1-2-7-15(8-12(17)18)9-16-13(19)10-5-3-4-6-11(10)14(16)20/h2-6H,1,7-9H2,(H,17,18). The van der Waals surface area contributed by atoms with Gasteiger partial charge >= 0.3 is 5.97 Å². The van der Waals surface area contributed by atoms with E-state index in [1.165, 1.54) is 11.0 Å². The topological polar surface area (TPSA) is 77.9 Å². The molecule has 1 aliphatic rings. The molecule has 0 bridgehead atoms. The lowest BCUT2D eigenvalue weighted by Crippen LogP contribution is -2.43. The van der Waals surface area contributed by atoms with E-state index in [0.29, 0.717) is 11.1 Å². The van der Waals surface area contributed by atoms with E-state index in [-0.39, 0.29) is 19.8 Å². The number of rotatable bonds is 6. The summed E-state index contributed by atoms with van der Waals surface area (Å²) < 4.78 is 0. The summed E-state index contributed by atoms with van der Waals surface area (Å²) in [5.41, 5.74) is 0.706. The summed E-state index contributed by atoms with van der Waals surface area (Å²) in [5, 5.41) is 8.83. The third-order valence-electron chi connectivity index (χ3n) is 2.97. The zero-order valence-corrected chi connectivity index (χ0v) is 10.8. The highest BCUT2D eigenvalue weighted by molar-refractivity contribution is 6.21. The fourth-order valence-electron chi connectivity index (χ4n) is 2.11. The van der Waals surface area contributed by atoms with Crippen LogP contribution in [0.3, 0.4) is 0 Å². The van der Waals surface area contributed by atoms with Crippen molar-refractivity contribution in [3.8, 4) is 0 Å². The van der Waals surface area contributed by atoms with Crippen LogP contribution in [0, 0.1) is 0 Å². The van der Waals surface area contributed by atoms with Gasteiger partial charge in [0.1, 0.15) is 0 Å². The summed E-state index contributed by atoms with van der Waals surface area (Å²) >= 11 is 0. The van der Waals surface area contributed by atoms with Crippen LogP contribution >= 0.6 is 0 Å². The van der Waals surface area contributed by atoms with Crippen LogP contribution in [0.4, 0.5) is 0 Å². The molecule has 1 aliphatic heterocycles. The molecule has 1 N–H and O–H groups in total. The van der Waals surface area contributed by atoms with Gasteiger partial charge in [-0.1, -0.05) is 18.2 Å². The third-order valence-corrected chi connectivity index (χ3v) is 2.97. The van der Waals surface area contributed by atoms with Crippen molar-refractivity contribution in [2.24, 2.45) is 0 Å². The van der Waals surface area contributed by atoms with Gasteiger partial charge in [0, 0.05) is 6.54 Å². The second-order valence-electron chi connectivity index (χ2n) is 4.42. The van der Waals surface area contributed by atoms with Crippen molar-refractivity contribution in [3.05, 3.63) is 48.0 Å². The molecule has 104 valence electrons. The number of carboxylic acid groups (broad SMARTS) is 1. The maximum Gasteiger partial charge on any atom is 0.317 e. The molecule has 1 aromatic carbocycles. The van der Waals surface area contributed by atoms with Gasteiger partial charge in [-0.25, -0.2) is 0 Å². The highest BCUT2D eigenvalue weighted by Crippen LogP contribution is 2.22. The molecule has 20 heavy (non-hydrogen) atoms. The number of carbonyl (C=O) groups is 3. The van der Waals surface area contributed by atoms with Crippen LogP contribution < -0.4 is 0 Å². The Balaban J connectivity index is 2.18. The first-order valence-corrected chi connectivity index (χ1v) is 6.05. The summed E-state index contributed by atoms with van der Waals surface area (Å²) in [4.78, 5) is 37.6. The number of fused-ring (bicyclic) bond motifs is 1. The molecule has 2 rings (SSSR count). The molecule has 0 spiro atoms. The number of aliphatic carboxylic acids is 1. The Kier molecular flexibility index (Phi) is 3.95. The normalized spacial score (nSPS) is 13.8. The fraction of sp³-hybridized carbons (Fsp3) is 0.214. The molecule has 2 amide bonds. The zero-order valence-electron chi connectivity index (χ0n) is 10.8. The molecule has 6 heteroatoms. The first kappa shape index (κ1) is 14.0. The maximum absolute atomic E-state index is 12.1. The summed E-state index contributed by atoms with van der Waals surface area (Å²) in [5.74, 6) is -1.82. The van der Waals surface area contributed by atoms with Crippen LogP contribution in [-0.2, 0) is 4.79 Å². The second-order valence-corrected chi connectivity index (χ2v) is 4.42. The Bertz CT molecular complexity index is 547. The molecule has 0 aliphatic carbocycles. The molecule has 1 heterocycles. The third kappa shape index (κ3) is 2.60. The van der Waals surface area contributed by atoms with Gasteiger partial charge in [0.25, 0.3) is 11.8 Å². The highest BCUT2D eigenvalue weighted by Gasteiger charge is 2.35. The number of benzene rings is 1. The number of amides is 2. The van der Waals surface area contributed by atoms with Crippen molar-refractivity contribution in [1.82, 2.24) is 9.80 Å². The van der Waals surface area contributed by atoms with Crippen LogP contribution in [0.15, 0.2) is 36.9 Å². The van der Waals surface area contributed by atoms with Crippen molar-refractivity contribution < 1.29 is 19.5 Å². The summed E-state index contributed by atoms with van der Waals surface area (Å²) in [6, 6.07) is 6.55. The summed E-state index contributed by atoms with van der Waals surface area (Å²) in [6.45, 7) is 3.49. The molecule has 0 saturated carbocycles. The number of hydrogen-bond donors (Lipinski definition) is 1. The minimum Gasteiger partial charge on any atom is -0.480 e. The van der Waals surface area contributed by atoms with Gasteiger partial charge in [-0.15, -0.1) is 6.58 Å². The van der Waals surface area contributed by atoms with Crippen LogP contribution in [0.25, 0.3) is 0 Å². The smallest absolute Gasteiger partial charge is 0.317 e. The minimum atomic E-state index is -1.02. The maximum atomic E-state index is 12.1. The monoisotopic (exact) mass is 274 g/mol. The summed E-state index contributed by atoms with van der Waals surface area (Å²) in [7, 11) is 0. The van der Waals surface area contributed by atoms with E-state index in [4.69, 9.17) is 5.11 Å². The molecular formula is C14H14N2O4. The van der Waals surface area contributed by atoms with Crippen molar-refractivity contribution in [3.63, 3.8) is 0 Å². The molecule has 0 unspecified atom stereocenters. The predicted molar refractivity (Wildman–Crippen MR) is 71.2 cm³/mol. The molecule has 0 saturated heterocycles. The van der Waals surface area contributed by atoms with Crippen LogP contribution in [-0.4, -0.2) is 52.4 Å². The van der Waals surface area contributed by atoms with E-state index in [9.17, 15) is 14.4 Å². The predicted octanol–water partition coefficient (Wildman–Crippen LogP) is 0.813. The quantitative estimate of drug-likeness (QED) is 0.613. The molecule has 0 atom stereocenters. The number of imide groups is 1. The Hall–Kier alpha value is -2.47. The zero-order chi connectivity index (χ0) is 14.7. The average Bonchev–Trinajstić information content (AvgIpc) is 2.64. The Labute approximate surface area is 115 Å². The number of hydrogen-bond acceptors (Lipinski definition) is 4. The van der Waals surface area contributed by atoms with Gasteiger partial charge in [-0.05, 0) is 12.1 Å². The molecule has 6 nitrogen and oxygen atoms in total. The minimum absolute atomic E-state index is 0.0648. The van der Waals surface area contributed by atoms with Gasteiger partial charge < -0.3 is 5.11 Å². The van der Waals surface area contributed by atoms with Gasteiger partial charge in [-0.2, -0.15) is 0 Å². The van der Waals surface area contributed by atoms with E-state index < -0.39 is 17.8 Å². The van der Waals surface area contributed by atoms with E-state index in [1.54, 1.807) is 24.3 Å². The molecule has 0 aromatic heterocycles.